The van der Waals surface area contributed by atoms with E-state index in [4.69, 9.17) is 9.73 Å². The fourth-order valence-electron chi connectivity index (χ4n) is 3.86. The Hall–Kier alpha value is -3.52. The molecule has 35 heavy (non-hydrogen) atoms. The number of ether oxygens (including phenoxy) is 1. The average Bonchev–Trinajstić information content (AvgIpc) is 2.86. The Morgan fingerprint density at radius 2 is 1.91 bits per heavy atom. The van der Waals surface area contributed by atoms with Crippen molar-refractivity contribution in [3.05, 3.63) is 95.5 Å². The van der Waals surface area contributed by atoms with Crippen molar-refractivity contribution in [3.8, 4) is 0 Å². The molecule has 0 aliphatic carbocycles. The van der Waals surface area contributed by atoms with Crippen LogP contribution in [0, 0.1) is 11.6 Å². The number of piperazine rings is 1. The molecule has 0 spiro atoms. The molecule has 0 unspecified atom stereocenters. The van der Waals surface area contributed by atoms with Crippen LogP contribution in [0.15, 0.2) is 83.3 Å². The molecule has 2 aliphatic rings. The average molecular weight is 483 g/mol. The molecule has 6 nitrogen and oxygen atoms in total. The van der Waals surface area contributed by atoms with Crippen LogP contribution in [0.4, 0.5) is 8.78 Å². The standard InChI is InChI=1S/C27H32F2N4O2/c1-5-21(8-7-19(3)32-13-15-35-16-14-32)25(6-2)31-27-20(4)30-11-12-33(27)26(34)18-22-17-23(28)9-10-24(22)29/h5-10,17,30H,3-4,11-16,18H2,1-2H3/b8-7-,21-5+,25-6-,31-27?. The van der Waals surface area contributed by atoms with E-state index in [1.165, 1.54) is 4.90 Å². The number of hydrogen-bond acceptors (Lipinski definition) is 5. The third-order valence-electron chi connectivity index (χ3n) is 5.83. The van der Waals surface area contributed by atoms with E-state index in [2.05, 4.69) is 23.4 Å². The van der Waals surface area contributed by atoms with E-state index in [1.807, 2.05) is 38.2 Å². The first-order chi connectivity index (χ1) is 16.8. The van der Waals surface area contributed by atoms with Crippen LogP contribution in [0.5, 0.6) is 0 Å². The number of carbonyl (C=O) groups excluding carboxylic acids is 1. The van der Waals surface area contributed by atoms with Crippen LogP contribution in [-0.2, 0) is 16.0 Å². The van der Waals surface area contributed by atoms with Gasteiger partial charge in [0.05, 0.1) is 31.0 Å². The number of nitrogens with zero attached hydrogens (tertiary/aromatic N) is 3. The summed E-state index contributed by atoms with van der Waals surface area (Å²) in [6, 6.07) is 3.10. The predicted octanol–water partition coefficient (Wildman–Crippen LogP) is 4.10. The maximum absolute atomic E-state index is 14.1. The number of hydrogen-bond donors (Lipinski definition) is 1. The highest BCUT2D eigenvalue weighted by Crippen LogP contribution is 2.20. The van der Waals surface area contributed by atoms with Gasteiger partial charge in [-0.2, -0.15) is 0 Å². The Kier molecular flexibility index (Phi) is 9.14. The second-order valence-corrected chi connectivity index (χ2v) is 8.14. The van der Waals surface area contributed by atoms with Crippen LogP contribution in [0.3, 0.4) is 0 Å². The summed E-state index contributed by atoms with van der Waals surface area (Å²) in [7, 11) is 0. The molecular formula is C27H32F2N4O2. The molecule has 0 saturated carbocycles. The van der Waals surface area contributed by atoms with Crippen LogP contribution in [-0.4, -0.2) is 60.9 Å². The van der Waals surface area contributed by atoms with Gasteiger partial charge in [-0.25, -0.2) is 13.8 Å². The normalized spacial score (nSPS) is 18.9. The molecular weight excluding hydrogens is 450 g/mol. The number of amidine groups is 1. The lowest BCUT2D eigenvalue weighted by atomic mass is 10.1. The van der Waals surface area contributed by atoms with E-state index in [0.29, 0.717) is 43.5 Å². The highest BCUT2D eigenvalue weighted by molar-refractivity contribution is 6.08. The summed E-state index contributed by atoms with van der Waals surface area (Å²) in [6.07, 6.45) is 7.37. The quantitative estimate of drug-likeness (QED) is 0.595. The van der Waals surface area contributed by atoms with Crippen LogP contribution in [0.1, 0.15) is 19.4 Å². The van der Waals surface area contributed by atoms with Gasteiger partial charge in [-0.05, 0) is 43.7 Å². The maximum atomic E-state index is 14.1. The van der Waals surface area contributed by atoms with E-state index in [-0.39, 0.29) is 17.9 Å². The van der Waals surface area contributed by atoms with Gasteiger partial charge in [-0.3, -0.25) is 9.69 Å². The van der Waals surface area contributed by atoms with Crippen molar-refractivity contribution in [2.24, 2.45) is 4.99 Å². The van der Waals surface area contributed by atoms with Gasteiger partial charge in [0.25, 0.3) is 0 Å². The lowest BCUT2D eigenvalue weighted by molar-refractivity contribution is -0.126. The summed E-state index contributed by atoms with van der Waals surface area (Å²) < 4.78 is 33.1. The number of halogens is 2. The minimum absolute atomic E-state index is 0.00320. The van der Waals surface area contributed by atoms with Crippen LogP contribution < -0.4 is 5.32 Å². The van der Waals surface area contributed by atoms with Gasteiger partial charge in [0.1, 0.15) is 11.6 Å². The van der Waals surface area contributed by atoms with Crippen molar-refractivity contribution in [3.63, 3.8) is 0 Å². The number of nitrogens with one attached hydrogen (secondary N) is 1. The molecule has 1 aromatic carbocycles. The second kappa shape index (κ2) is 12.3. The smallest absolute Gasteiger partial charge is 0.232 e. The monoisotopic (exact) mass is 482 g/mol. The SMILES string of the molecule is C=C1NCCN(C(=O)Cc2cc(F)ccc2F)C1=NC(=C\C)/C(/C=C\C(=C)N1CCOCC1)=C/C. The Bertz CT molecular complexity index is 1100. The van der Waals surface area contributed by atoms with Crippen molar-refractivity contribution in [2.75, 3.05) is 39.4 Å². The Labute approximate surface area is 205 Å². The maximum Gasteiger partial charge on any atom is 0.232 e. The third-order valence-corrected chi connectivity index (χ3v) is 5.83. The predicted molar refractivity (Wildman–Crippen MR) is 135 cm³/mol. The Morgan fingerprint density at radius 1 is 1.17 bits per heavy atom. The highest BCUT2D eigenvalue weighted by Gasteiger charge is 2.27. The van der Waals surface area contributed by atoms with Gasteiger partial charge < -0.3 is 15.0 Å². The molecule has 0 radical (unpaired) electrons. The van der Waals surface area contributed by atoms with Crippen molar-refractivity contribution in [1.82, 2.24) is 15.1 Å². The fraction of sp³-hybridized carbons (Fsp3) is 0.333. The molecule has 2 heterocycles. The molecule has 2 fully saturated rings. The molecule has 1 amide bonds. The van der Waals surface area contributed by atoms with Gasteiger partial charge in [-0.1, -0.05) is 31.4 Å². The zero-order valence-corrected chi connectivity index (χ0v) is 20.3. The zero-order chi connectivity index (χ0) is 25.4. The molecule has 1 aromatic rings. The van der Waals surface area contributed by atoms with Gasteiger partial charge in [0.15, 0.2) is 5.84 Å². The highest BCUT2D eigenvalue weighted by atomic mass is 19.1. The summed E-state index contributed by atoms with van der Waals surface area (Å²) in [5.74, 6) is -1.24. The second-order valence-electron chi connectivity index (χ2n) is 8.14. The minimum Gasteiger partial charge on any atom is -0.381 e. The van der Waals surface area contributed by atoms with Crippen molar-refractivity contribution < 1.29 is 18.3 Å². The summed E-state index contributed by atoms with van der Waals surface area (Å²) >= 11 is 0. The summed E-state index contributed by atoms with van der Waals surface area (Å²) in [6.45, 7) is 15.7. The number of rotatable bonds is 7. The molecule has 0 bridgehead atoms. The Morgan fingerprint density at radius 3 is 2.60 bits per heavy atom. The number of carbonyl (C=O) groups is 1. The molecule has 186 valence electrons. The van der Waals surface area contributed by atoms with Gasteiger partial charge in [-0.15, -0.1) is 0 Å². The molecule has 2 aliphatic heterocycles. The van der Waals surface area contributed by atoms with Crippen LogP contribution >= 0.6 is 0 Å². The first-order valence-electron chi connectivity index (χ1n) is 11.6. The van der Waals surface area contributed by atoms with Gasteiger partial charge in [0, 0.05) is 37.4 Å². The topological polar surface area (TPSA) is 57.2 Å². The minimum atomic E-state index is -0.622. The zero-order valence-electron chi connectivity index (χ0n) is 20.3. The van der Waals surface area contributed by atoms with Crippen molar-refractivity contribution in [1.29, 1.82) is 0 Å². The van der Waals surface area contributed by atoms with E-state index in [1.54, 1.807) is 0 Å². The van der Waals surface area contributed by atoms with E-state index in [0.717, 1.165) is 42.6 Å². The number of benzene rings is 1. The van der Waals surface area contributed by atoms with E-state index in [9.17, 15) is 13.6 Å². The van der Waals surface area contributed by atoms with E-state index >= 15 is 0 Å². The molecule has 0 atom stereocenters. The lowest BCUT2D eigenvalue weighted by Crippen LogP contribution is -2.49. The van der Waals surface area contributed by atoms with Crippen molar-refractivity contribution >= 4 is 11.7 Å². The summed E-state index contributed by atoms with van der Waals surface area (Å²) in [5.41, 5.74) is 2.86. The number of morpholine rings is 1. The molecule has 3 rings (SSSR count). The molecule has 8 heteroatoms. The third kappa shape index (κ3) is 6.76. The summed E-state index contributed by atoms with van der Waals surface area (Å²) in [5, 5.41) is 3.13. The lowest BCUT2D eigenvalue weighted by Gasteiger charge is -2.31. The van der Waals surface area contributed by atoms with Crippen LogP contribution in [0.25, 0.3) is 0 Å². The molecule has 2 saturated heterocycles. The first kappa shape index (κ1) is 26.1. The van der Waals surface area contributed by atoms with Crippen molar-refractivity contribution in [2.45, 2.75) is 20.3 Å². The largest absolute Gasteiger partial charge is 0.381 e. The Balaban J connectivity index is 1.82. The fourth-order valence-corrected chi connectivity index (χ4v) is 3.86. The van der Waals surface area contributed by atoms with E-state index < -0.39 is 11.6 Å². The first-order valence-corrected chi connectivity index (χ1v) is 11.6. The molecule has 0 aromatic heterocycles. The number of amides is 1. The number of allylic oxidation sites excluding steroid dienone is 4. The molecule has 1 N–H and O–H groups in total. The van der Waals surface area contributed by atoms with Gasteiger partial charge in [0.2, 0.25) is 5.91 Å². The summed E-state index contributed by atoms with van der Waals surface area (Å²) in [4.78, 5) is 21.5. The van der Waals surface area contributed by atoms with Crippen LogP contribution in [0.2, 0.25) is 0 Å². The number of aliphatic imine (C=N–C) groups is 1. The van der Waals surface area contributed by atoms with Gasteiger partial charge >= 0.3 is 0 Å².